The molecule has 11 heteroatoms. The molecular formula is C26H30BrFN2O7. The molecule has 37 heavy (non-hydrogen) atoms. The van der Waals surface area contributed by atoms with E-state index < -0.39 is 23.7 Å². The fourth-order valence-electron chi connectivity index (χ4n) is 4.44. The fourth-order valence-corrected chi connectivity index (χ4v) is 4.67. The number of piperidine rings is 1. The molecule has 2 N–H and O–H groups in total. The second-order valence-corrected chi connectivity index (χ2v) is 10.3. The molecule has 2 aliphatic rings. The molecule has 4 rings (SSSR count). The number of aromatic nitrogens is 1. The van der Waals surface area contributed by atoms with Crippen LogP contribution < -0.4 is 9.47 Å². The van der Waals surface area contributed by atoms with Gasteiger partial charge in [-0.3, -0.25) is 0 Å². The number of hydrogen-bond acceptors (Lipinski definition) is 7. The molecule has 1 atom stereocenters. The zero-order chi connectivity index (χ0) is 26.4. The first-order valence-corrected chi connectivity index (χ1v) is 13.1. The summed E-state index contributed by atoms with van der Waals surface area (Å²) in [4.78, 5) is 28.8. The number of nitrogens with zero attached hydrogens (tertiary/aromatic N) is 2. The van der Waals surface area contributed by atoms with Gasteiger partial charge in [0.15, 0.2) is 0 Å². The Kier molecular flexibility index (Phi) is 9.33. The lowest BCUT2D eigenvalue weighted by Gasteiger charge is -2.39. The Hall–Kier alpha value is -2.76. The number of benzene rings is 1. The van der Waals surface area contributed by atoms with Crippen molar-refractivity contribution in [2.24, 2.45) is 0 Å². The van der Waals surface area contributed by atoms with E-state index in [1.807, 2.05) is 12.1 Å². The molecule has 2 aromatic rings. The van der Waals surface area contributed by atoms with Crippen molar-refractivity contribution in [1.82, 2.24) is 9.88 Å². The molecule has 1 unspecified atom stereocenters. The number of carboxylic acids is 2. The molecule has 9 nitrogen and oxygen atoms in total. The van der Waals surface area contributed by atoms with Gasteiger partial charge in [-0.1, -0.05) is 0 Å². The van der Waals surface area contributed by atoms with Crippen LogP contribution in [0.15, 0.2) is 41.0 Å². The highest BCUT2D eigenvalue weighted by molar-refractivity contribution is 9.10. The van der Waals surface area contributed by atoms with Gasteiger partial charge in [-0.15, -0.1) is 0 Å². The van der Waals surface area contributed by atoms with Gasteiger partial charge in [0.05, 0.1) is 23.3 Å². The predicted octanol–water partition coefficient (Wildman–Crippen LogP) is 4.44. The third kappa shape index (κ3) is 7.86. The summed E-state index contributed by atoms with van der Waals surface area (Å²) >= 11 is 3.36. The average Bonchev–Trinajstić information content (AvgIpc) is 2.86. The summed E-state index contributed by atoms with van der Waals surface area (Å²) in [5, 5.41) is 18.3. The van der Waals surface area contributed by atoms with Crippen LogP contribution in [0.25, 0.3) is 0 Å². The van der Waals surface area contributed by atoms with Gasteiger partial charge < -0.3 is 29.3 Å². The number of pyridine rings is 1. The summed E-state index contributed by atoms with van der Waals surface area (Å²) < 4.78 is 32.8. The number of rotatable bonds is 12. The molecule has 1 aliphatic heterocycles. The van der Waals surface area contributed by atoms with Crippen LogP contribution in [0.1, 0.15) is 52.8 Å². The van der Waals surface area contributed by atoms with E-state index in [-0.39, 0.29) is 42.7 Å². The summed E-state index contributed by atoms with van der Waals surface area (Å²) in [6.45, 7) is 2.04. The molecular weight excluding hydrogens is 551 g/mol. The van der Waals surface area contributed by atoms with Gasteiger partial charge in [-0.05, 0) is 59.5 Å². The zero-order valence-electron chi connectivity index (χ0n) is 20.2. The molecule has 1 aliphatic carbocycles. The van der Waals surface area contributed by atoms with Crippen LogP contribution in [-0.4, -0.2) is 82.8 Å². The van der Waals surface area contributed by atoms with Gasteiger partial charge in [0, 0.05) is 49.2 Å². The average molecular weight is 581 g/mol. The first-order chi connectivity index (χ1) is 17.8. The van der Waals surface area contributed by atoms with Crippen LogP contribution in [0.4, 0.5) is 4.39 Å². The van der Waals surface area contributed by atoms with Crippen LogP contribution in [-0.2, 0) is 4.74 Å². The number of alkyl halides is 1. The maximum Gasteiger partial charge on any atom is 0.336 e. The number of hydrogen-bond donors (Lipinski definition) is 2. The van der Waals surface area contributed by atoms with Crippen molar-refractivity contribution in [2.45, 2.75) is 56.6 Å². The molecule has 0 spiro atoms. The highest BCUT2D eigenvalue weighted by atomic mass is 79.9. The summed E-state index contributed by atoms with van der Waals surface area (Å²) in [5.41, 5.74) is -0.732. The number of halogens is 2. The Morgan fingerprint density at radius 2 is 1.78 bits per heavy atom. The molecule has 1 saturated carbocycles. The Balaban J connectivity index is 1.10. The minimum atomic E-state index is -1.38. The molecule has 0 bridgehead atoms. The smallest absolute Gasteiger partial charge is 0.336 e. The maximum atomic E-state index is 14.4. The monoisotopic (exact) mass is 580 g/mol. The highest BCUT2D eigenvalue weighted by Crippen LogP contribution is 2.30. The maximum absolute atomic E-state index is 14.4. The van der Waals surface area contributed by atoms with E-state index in [2.05, 4.69) is 25.8 Å². The normalized spacial score (nSPS) is 21.1. The van der Waals surface area contributed by atoms with Gasteiger partial charge in [0.1, 0.15) is 24.6 Å². The number of ether oxygens (including phenoxy) is 3. The summed E-state index contributed by atoms with van der Waals surface area (Å²) in [6, 6.07) is 7.34. The quantitative estimate of drug-likeness (QED) is 0.375. The van der Waals surface area contributed by atoms with Crippen LogP contribution >= 0.6 is 15.9 Å². The SMILES string of the molecule is O=C(O)c1ccc(OCC(F)CCN2CCC(OC3CC(Oc4ccc(Br)cn4)C3)CC2)cc1C(=O)O. The van der Waals surface area contributed by atoms with Crippen molar-refractivity contribution in [2.75, 3.05) is 26.2 Å². The van der Waals surface area contributed by atoms with Crippen LogP contribution in [0.5, 0.6) is 11.6 Å². The van der Waals surface area contributed by atoms with Gasteiger partial charge in [0.25, 0.3) is 0 Å². The Bertz CT molecular complexity index is 1070. The first kappa shape index (κ1) is 27.3. The molecule has 200 valence electrons. The van der Waals surface area contributed by atoms with Gasteiger partial charge in [-0.2, -0.15) is 0 Å². The molecule has 1 aromatic carbocycles. The Morgan fingerprint density at radius 1 is 1.05 bits per heavy atom. The second kappa shape index (κ2) is 12.7. The van der Waals surface area contributed by atoms with Crippen molar-refractivity contribution in [3.8, 4) is 11.6 Å². The largest absolute Gasteiger partial charge is 0.491 e. The molecule has 1 aromatic heterocycles. The Labute approximate surface area is 222 Å². The van der Waals surface area contributed by atoms with E-state index in [0.29, 0.717) is 12.4 Å². The molecule has 2 fully saturated rings. The van der Waals surface area contributed by atoms with Gasteiger partial charge >= 0.3 is 11.9 Å². The van der Waals surface area contributed by atoms with E-state index in [1.165, 1.54) is 6.07 Å². The number of carboxylic acid groups (broad SMARTS) is 2. The molecule has 0 amide bonds. The van der Waals surface area contributed by atoms with Crippen molar-refractivity contribution in [1.29, 1.82) is 0 Å². The third-order valence-corrected chi connectivity index (χ3v) is 7.07. The highest BCUT2D eigenvalue weighted by Gasteiger charge is 2.34. The fraction of sp³-hybridized carbons (Fsp3) is 0.500. The van der Waals surface area contributed by atoms with E-state index >= 15 is 0 Å². The van der Waals surface area contributed by atoms with E-state index in [1.54, 1.807) is 6.20 Å². The van der Waals surface area contributed by atoms with E-state index in [9.17, 15) is 19.1 Å². The molecule has 1 saturated heterocycles. The van der Waals surface area contributed by atoms with Gasteiger partial charge in [0.2, 0.25) is 5.88 Å². The van der Waals surface area contributed by atoms with Crippen LogP contribution in [0.3, 0.4) is 0 Å². The summed E-state index contributed by atoms with van der Waals surface area (Å²) in [5.74, 6) is -1.98. The number of aromatic carboxylic acids is 2. The minimum absolute atomic E-state index is 0.125. The van der Waals surface area contributed by atoms with Crippen molar-refractivity contribution in [3.05, 3.63) is 52.1 Å². The minimum Gasteiger partial charge on any atom is -0.491 e. The lowest BCUT2D eigenvalue weighted by molar-refractivity contribution is -0.111. The van der Waals surface area contributed by atoms with Crippen molar-refractivity contribution < 1.29 is 38.4 Å². The summed E-state index contributed by atoms with van der Waals surface area (Å²) in [6.07, 6.45) is 4.83. The number of likely N-dealkylation sites (tertiary alicyclic amines) is 1. The lowest BCUT2D eigenvalue weighted by atomic mass is 9.91. The van der Waals surface area contributed by atoms with E-state index in [4.69, 9.17) is 19.3 Å². The summed E-state index contributed by atoms with van der Waals surface area (Å²) in [7, 11) is 0. The lowest BCUT2D eigenvalue weighted by Crippen LogP contribution is -2.45. The van der Waals surface area contributed by atoms with Crippen molar-refractivity contribution >= 4 is 27.9 Å². The zero-order valence-corrected chi connectivity index (χ0v) is 21.8. The standard InChI is InChI=1S/C26H30BrFN2O7/c27-16-1-4-24(29-14-16)37-21-11-20(12-21)36-18-6-9-30(10-7-18)8-5-17(28)15-35-19-2-3-22(25(31)32)23(13-19)26(33)34/h1-4,13-14,17-18,20-21H,5-12,15H2,(H,31,32)(H,33,34). The Morgan fingerprint density at radius 3 is 2.43 bits per heavy atom. The second-order valence-electron chi connectivity index (χ2n) is 9.34. The molecule has 2 heterocycles. The first-order valence-electron chi connectivity index (χ1n) is 12.3. The van der Waals surface area contributed by atoms with E-state index in [0.717, 1.165) is 55.4 Å². The topological polar surface area (TPSA) is 118 Å². The third-order valence-electron chi connectivity index (χ3n) is 6.60. The molecule has 0 radical (unpaired) electrons. The van der Waals surface area contributed by atoms with Gasteiger partial charge in [-0.25, -0.2) is 19.0 Å². The predicted molar refractivity (Wildman–Crippen MR) is 135 cm³/mol. The van der Waals surface area contributed by atoms with Crippen molar-refractivity contribution in [3.63, 3.8) is 0 Å². The van der Waals surface area contributed by atoms with Crippen LogP contribution in [0.2, 0.25) is 0 Å². The number of carbonyl (C=O) groups is 2. The van der Waals surface area contributed by atoms with Crippen LogP contribution in [0, 0.1) is 0 Å².